The van der Waals surface area contributed by atoms with E-state index in [1.54, 1.807) is 19.2 Å². The lowest BCUT2D eigenvalue weighted by Crippen LogP contribution is -2.55. The second kappa shape index (κ2) is 13.4. The number of piperazine rings is 1. The predicted molar refractivity (Wildman–Crippen MR) is 158 cm³/mol. The van der Waals surface area contributed by atoms with Gasteiger partial charge in [0, 0.05) is 75.4 Å². The highest BCUT2D eigenvalue weighted by Gasteiger charge is 2.28. The minimum absolute atomic E-state index is 0.0994. The van der Waals surface area contributed by atoms with Crippen LogP contribution in [-0.4, -0.2) is 80.5 Å². The molecule has 9 nitrogen and oxygen atoms in total. The molecule has 0 saturated carbocycles. The summed E-state index contributed by atoms with van der Waals surface area (Å²) >= 11 is 0. The number of halogens is 1. The van der Waals surface area contributed by atoms with E-state index < -0.39 is 18.1 Å². The Morgan fingerprint density at radius 1 is 1.12 bits per heavy atom. The minimum atomic E-state index is -0.952. The summed E-state index contributed by atoms with van der Waals surface area (Å²) in [7, 11) is 5.56. The van der Waals surface area contributed by atoms with Crippen LogP contribution in [0.25, 0.3) is 5.57 Å². The molecule has 1 amide bonds. The van der Waals surface area contributed by atoms with E-state index in [0.29, 0.717) is 18.7 Å². The zero-order valence-electron chi connectivity index (χ0n) is 23.9. The zero-order valence-corrected chi connectivity index (χ0v) is 23.9. The molecule has 0 spiro atoms. The Hall–Kier alpha value is -3.28. The fourth-order valence-corrected chi connectivity index (χ4v) is 5.28. The Balaban J connectivity index is 1.68. The molecule has 0 radical (unpaired) electrons. The maximum atomic E-state index is 15.3. The third-order valence-corrected chi connectivity index (χ3v) is 7.70. The number of hydrogen-bond acceptors (Lipinski definition) is 8. The first kappa shape index (κ1) is 29.7. The molecular formula is C30H42FN7O2. The molecule has 216 valence electrons. The zero-order chi connectivity index (χ0) is 28.8. The smallest absolute Gasteiger partial charge is 0.265 e. The molecule has 2 aliphatic rings. The summed E-state index contributed by atoms with van der Waals surface area (Å²) in [5.74, 6) is -0.922. The minimum Gasteiger partial charge on any atom is -0.391 e. The number of nitrogens with one attached hydrogen (secondary N) is 3. The summed E-state index contributed by atoms with van der Waals surface area (Å²) < 4.78 is 15.3. The van der Waals surface area contributed by atoms with Gasteiger partial charge in [0.05, 0.1) is 0 Å². The number of hydrazine groups is 1. The number of anilines is 1. The molecule has 2 aromatic rings. The quantitative estimate of drug-likeness (QED) is 0.226. The lowest BCUT2D eigenvalue weighted by Gasteiger charge is -2.41. The van der Waals surface area contributed by atoms with Crippen molar-refractivity contribution in [3.8, 4) is 0 Å². The average Bonchev–Trinajstić information content (AvgIpc) is 2.96. The molecule has 40 heavy (non-hydrogen) atoms. The lowest BCUT2D eigenvalue weighted by atomic mass is 9.89. The third kappa shape index (κ3) is 6.89. The SMILES string of the molecule is CNNC(=O)c1ccc(CN(c2cccc(C3=CC(C(C)N)=C(NC)CC3)c2)C(O)N2CCN(C)CC2)c(F)c1. The van der Waals surface area contributed by atoms with Crippen LogP contribution in [-0.2, 0) is 6.54 Å². The van der Waals surface area contributed by atoms with Gasteiger partial charge < -0.3 is 26.0 Å². The lowest BCUT2D eigenvalue weighted by molar-refractivity contribution is -0.0237. The summed E-state index contributed by atoms with van der Waals surface area (Å²) in [5, 5.41) is 14.9. The maximum Gasteiger partial charge on any atom is 0.265 e. The second-order valence-corrected chi connectivity index (χ2v) is 10.5. The summed E-state index contributed by atoms with van der Waals surface area (Å²) in [6.45, 7) is 5.17. The monoisotopic (exact) mass is 551 g/mol. The summed E-state index contributed by atoms with van der Waals surface area (Å²) in [6.07, 6.45) is 2.94. The standard InChI is InChI=1S/C30H42FN7O2/c1-20(32)26-17-22(10-11-28(26)33-2)21-6-5-7-25(16-21)38(30(40)37-14-12-36(4)13-15-37)19-24-9-8-23(18-27(24)31)29(39)35-34-3/h5-9,16-18,20,30,33-34,40H,10-15,19,32H2,1-4H3,(H,35,39). The van der Waals surface area contributed by atoms with Crippen LogP contribution in [0, 0.1) is 5.82 Å². The van der Waals surface area contributed by atoms with E-state index in [1.165, 1.54) is 11.6 Å². The van der Waals surface area contributed by atoms with Gasteiger partial charge in [-0.25, -0.2) is 9.82 Å². The van der Waals surface area contributed by atoms with Crippen LogP contribution < -0.4 is 26.8 Å². The van der Waals surface area contributed by atoms with Gasteiger partial charge in [0.1, 0.15) is 5.82 Å². The molecule has 1 fully saturated rings. The van der Waals surface area contributed by atoms with Gasteiger partial charge in [0.2, 0.25) is 0 Å². The van der Waals surface area contributed by atoms with Gasteiger partial charge in [-0.15, -0.1) is 0 Å². The van der Waals surface area contributed by atoms with E-state index in [9.17, 15) is 9.90 Å². The second-order valence-electron chi connectivity index (χ2n) is 10.5. The number of nitrogens with zero attached hydrogens (tertiary/aromatic N) is 3. The highest BCUT2D eigenvalue weighted by Crippen LogP contribution is 2.33. The Kier molecular flexibility index (Phi) is 9.94. The number of benzene rings is 2. The highest BCUT2D eigenvalue weighted by atomic mass is 19.1. The number of likely N-dealkylation sites (N-methyl/N-ethyl adjacent to an activating group) is 1. The van der Waals surface area contributed by atoms with Gasteiger partial charge >= 0.3 is 0 Å². The molecule has 0 bridgehead atoms. The number of amides is 1. The van der Waals surface area contributed by atoms with Gasteiger partial charge in [0.25, 0.3) is 5.91 Å². The molecule has 10 heteroatoms. The summed E-state index contributed by atoms with van der Waals surface area (Å²) in [5.41, 5.74) is 17.1. The van der Waals surface area contributed by atoms with Crippen molar-refractivity contribution < 1.29 is 14.3 Å². The Labute approximate surface area is 236 Å². The Morgan fingerprint density at radius 2 is 1.88 bits per heavy atom. The van der Waals surface area contributed by atoms with Crippen molar-refractivity contribution in [1.82, 2.24) is 26.0 Å². The van der Waals surface area contributed by atoms with Crippen LogP contribution in [0.1, 0.15) is 41.3 Å². The number of allylic oxidation sites excluding steroid dienone is 2. The number of aliphatic hydroxyl groups excluding tert-OH is 1. The molecule has 2 unspecified atom stereocenters. The van der Waals surface area contributed by atoms with Crippen LogP contribution in [0.2, 0.25) is 0 Å². The van der Waals surface area contributed by atoms with Crippen molar-refractivity contribution in [3.05, 3.63) is 82.3 Å². The van der Waals surface area contributed by atoms with Crippen molar-refractivity contribution in [2.75, 3.05) is 52.2 Å². The van der Waals surface area contributed by atoms with Gasteiger partial charge in [-0.05, 0) is 67.8 Å². The van der Waals surface area contributed by atoms with Crippen LogP contribution in [0.5, 0.6) is 0 Å². The topological polar surface area (TPSA) is 109 Å². The van der Waals surface area contributed by atoms with E-state index in [-0.39, 0.29) is 18.2 Å². The number of nitrogens with two attached hydrogens (primary N) is 1. The molecule has 1 aliphatic heterocycles. The number of rotatable bonds is 10. The Bertz CT molecular complexity index is 1250. The first-order chi connectivity index (χ1) is 19.2. The van der Waals surface area contributed by atoms with Gasteiger partial charge in [-0.1, -0.05) is 24.3 Å². The summed E-state index contributed by atoms with van der Waals surface area (Å²) in [4.78, 5) is 18.2. The highest BCUT2D eigenvalue weighted by molar-refractivity contribution is 5.93. The fraction of sp³-hybridized carbons (Fsp3) is 0.433. The molecule has 1 heterocycles. The number of carbonyl (C=O) groups excluding carboxylic acids is 1. The molecule has 0 aromatic heterocycles. The van der Waals surface area contributed by atoms with Crippen molar-refractivity contribution in [2.45, 2.75) is 38.7 Å². The fourth-order valence-electron chi connectivity index (χ4n) is 5.28. The van der Waals surface area contributed by atoms with Crippen molar-refractivity contribution >= 4 is 17.2 Å². The molecule has 1 saturated heterocycles. The van der Waals surface area contributed by atoms with E-state index >= 15 is 4.39 Å². The Morgan fingerprint density at radius 3 is 2.52 bits per heavy atom. The van der Waals surface area contributed by atoms with Crippen LogP contribution in [0.4, 0.5) is 10.1 Å². The van der Waals surface area contributed by atoms with Crippen molar-refractivity contribution in [1.29, 1.82) is 0 Å². The van der Waals surface area contributed by atoms with Crippen LogP contribution in [0.15, 0.2) is 59.8 Å². The van der Waals surface area contributed by atoms with E-state index in [1.807, 2.05) is 35.9 Å². The third-order valence-electron chi connectivity index (χ3n) is 7.70. The normalized spacial score (nSPS) is 18.2. The molecule has 4 rings (SSSR count). The molecule has 2 aromatic carbocycles. The molecule has 2 atom stereocenters. The molecular weight excluding hydrogens is 509 g/mol. The number of hydrogen-bond donors (Lipinski definition) is 5. The van der Waals surface area contributed by atoms with Crippen molar-refractivity contribution in [3.63, 3.8) is 0 Å². The van der Waals surface area contributed by atoms with Crippen molar-refractivity contribution in [2.24, 2.45) is 5.73 Å². The number of aliphatic hydroxyl groups is 1. The average molecular weight is 552 g/mol. The first-order valence-corrected chi connectivity index (χ1v) is 13.8. The van der Waals surface area contributed by atoms with E-state index in [4.69, 9.17) is 5.73 Å². The predicted octanol–water partition coefficient (Wildman–Crippen LogP) is 2.22. The van der Waals surface area contributed by atoms with Gasteiger partial charge in [-0.3, -0.25) is 15.1 Å². The van der Waals surface area contributed by atoms with E-state index in [0.717, 1.165) is 48.5 Å². The van der Waals surface area contributed by atoms with Crippen LogP contribution >= 0.6 is 0 Å². The molecule has 1 aliphatic carbocycles. The summed E-state index contributed by atoms with van der Waals surface area (Å²) in [6, 6.07) is 12.4. The van der Waals surface area contributed by atoms with E-state index in [2.05, 4.69) is 46.3 Å². The largest absolute Gasteiger partial charge is 0.391 e. The molecule has 6 N–H and O–H groups in total. The van der Waals surface area contributed by atoms with Gasteiger partial charge in [0.15, 0.2) is 6.35 Å². The van der Waals surface area contributed by atoms with Gasteiger partial charge in [-0.2, -0.15) is 0 Å². The van der Waals surface area contributed by atoms with Crippen LogP contribution in [0.3, 0.4) is 0 Å². The number of carbonyl (C=O) groups is 1. The maximum absolute atomic E-state index is 15.3. The first-order valence-electron chi connectivity index (χ1n) is 13.8.